The fourth-order valence-electron chi connectivity index (χ4n) is 1.66. The van der Waals surface area contributed by atoms with Crippen LogP contribution in [-0.2, 0) is 6.54 Å². The Kier molecular flexibility index (Phi) is 3.74. The van der Waals surface area contributed by atoms with Gasteiger partial charge in [-0.25, -0.2) is 4.98 Å². The SMILES string of the molecule is Cc1ncc(CNC(C)c2sccc2C)s1. The molecule has 0 aliphatic rings. The number of aromatic nitrogens is 1. The summed E-state index contributed by atoms with van der Waals surface area (Å²) in [5, 5.41) is 6.82. The molecule has 0 bridgehead atoms. The monoisotopic (exact) mass is 252 g/mol. The highest BCUT2D eigenvalue weighted by Crippen LogP contribution is 2.24. The Morgan fingerprint density at radius 1 is 1.44 bits per heavy atom. The Bertz CT molecular complexity index is 459. The van der Waals surface area contributed by atoms with Crippen molar-refractivity contribution >= 4 is 22.7 Å². The molecule has 1 N–H and O–H groups in total. The molecule has 0 aromatic carbocycles. The van der Waals surface area contributed by atoms with Crippen molar-refractivity contribution < 1.29 is 0 Å². The minimum Gasteiger partial charge on any atom is -0.304 e. The molecule has 0 saturated carbocycles. The maximum atomic E-state index is 4.26. The van der Waals surface area contributed by atoms with Gasteiger partial charge in [-0.3, -0.25) is 0 Å². The first-order valence-electron chi connectivity index (χ1n) is 5.35. The van der Waals surface area contributed by atoms with Gasteiger partial charge in [0.2, 0.25) is 0 Å². The first kappa shape index (κ1) is 11.8. The van der Waals surface area contributed by atoms with Crippen LogP contribution >= 0.6 is 22.7 Å². The zero-order chi connectivity index (χ0) is 11.5. The topological polar surface area (TPSA) is 24.9 Å². The van der Waals surface area contributed by atoms with Gasteiger partial charge in [0.25, 0.3) is 0 Å². The fourth-order valence-corrected chi connectivity index (χ4v) is 3.37. The molecule has 2 rings (SSSR count). The lowest BCUT2D eigenvalue weighted by molar-refractivity contribution is 0.584. The summed E-state index contributed by atoms with van der Waals surface area (Å²) < 4.78 is 0. The average molecular weight is 252 g/mol. The maximum absolute atomic E-state index is 4.26. The molecular weight excluding hydrogens is 236 g/mol. The summed E-state index contributed by atoms with van der Waals surface area (Å²) in [6.07, 6.45) is 1.96. The van der Waals surface area contributed by atoms with E-state index in [1.165, 1.54) is 15.3 Å². The Labute approximate surface area is 104 Å². The average Bonchev–Trinajstić information content (AvgIpc) is 2.84. The van der Waals surface area contributed by atoms with Gasteiger partial charge in [-0.15, -0.1) is 22.7 Å². The van der Waals surface area contributed by atoms with Gasteiger partial charge in [0.05, 0.1) is 5.01 Å². The number of nitrogens with zero attached hydrogens (tertiary/aromatic N) is 1. The quantitative estimate of drug-likeness (QED) is 0.898. The van der Waals surface area contributed by atoms with Crippen molar-refractivity contribution in [2.75, 3.05) is 0 Å². The third kappa shape index (κ3) is 2.70. The van der Waals surface area contributed by atoms with Gasteiger partial charge in [-0.2, -0.15) is 0 Å². The largest absolute Gasteiger partial charge is 0.304 e. The maximum Gasteiger partial charge on any atom is 0.0897 e. The van der Waals surface area contributed by atoms with Crippen molar-refractivity contribution in [3.63, 3.8) is 0 Å². The lowest BCUT2D eigenvalue weighted by atomic mass is 10.2. The highest BCUT2D eigenvalue weighted by Gasteiger charge is 2.09. The van der Waals surface area contributed by atoms with Crippen LogP contribution in [0.15, 0.2) is 17.6 Å². The van der Waals surface area contributed by atoms with Crippen LogP contribution < -0.4 is 5.32 Å². The second kappa shape index (κ2) is 5.08. The molecule has 2 aromatic rings. The molecule has 0 saturated heterocycles. The minimum atomic E-state index is 0.419. The number of thiophene rings is 1. The lowest BCUT2D eigenvalue weighted by Gasteiger charge is -2.12. The van der Waals surface area contributed by atoms with E-state index in [-0.39, 0.29) is 0 Å². The minimum absolute atomic E-state index is 0.419. The lowest BCUT2D eigenvalue weighted by Crippen LogP contribution is -2.17. The second-order valence-corrected chi connectivity index (χ2v) is 6.18. The Morgan fingerprint density at radius 3 is 2.81 bits per heavy atom. The first-order valence-corrected chi connectivity index (χ1v) is 7.05. The smallest absolute Gasteiger partial charge is 0.0897 e. The Balaban J connectivity index is 1.93. The predicted molar refractivity (Wildman–Crippen MR) is 71.2 cm³/mol. The summed E-state index contributed by atoms with van der Waals surface area (Å²) in [5.74, 6) is 0. The van der Waals surface area contributed by atoms with Gasteiger partial charge >= 0.3 is 0 Å². The number of thiazole rings is 1. The van der Waals surface area contributed by atoms with Crippen LogP contribution in [-0.4, -0.2) is 4.98 Å². The van der Waals surface area contributed by atoms with E-state index >= 15 is 0 Å². The predicted octanol–water partition coefficient (Wildman–Crippen LogP) is 3.67. The van der Waals surface area contributed by atoms with Crippen LogP contribution in [0.2, 0.25) is 0 Å². The number of rotatable bonds is 4. The molecular formula is C12H16N2S2. The number of nitrogens with one attached hydrogen (secondary N) is 1. The molecule has 1 unspecified atom stereocenters. The van der Waals surface area contributed by atoms with Crippen molar-refractivity contribution in [1.82, 2.24) is 10.3 Å². The van der Waals surface area contributed by atoms with Gasteiger partial charge in [-0.1, -0.05) is 0 Å². The third-order valence-corrected chi connectivity index (χ3v) is 4.66. The van der Waals surface area contributed by atoms with Crippen molar-refractivity contribution in [3.05, 3.63) is 38.0 Å². The first-order chi connectivity index (χ1) is 7.66. The molecule has 2 nitrogen and oxygen atoms in total. The molecule has 16 heavy (non-hydrogen) atoms. The second-order valence-electron chi connectivity index (χ2n) is 3.92. The van der Waals surface area contributed by atoms with E-state index in [0.29, 0.717) is 6.04 Å². The van der Waals surface area contributed by atoms with E-state index in [1.54, 1.807) is 11.3 Å². The summed E-state index contributed by atoms with van der Waals surface area (Å²) in [5.41, 5.74) is 1.38. The van der Waals surface area contributed by atoms with Crippen molar-refractivity contribution in [2.24, 2.45) is 0 Å². The summed E-state index contributed by atoms with van der Waals surface area (Å²) in [6, 6.07) is 2.59. The summed E-state index contributed by atoms with van der Waals surface area (Å²) >= 11 is 3.58. The van der Waals surface area contributed by atoms with Gasteiger partial charge in [-0.05, 0) is 37.8 Å². The van der Waals surface area contributed by atoms with Gasteiger partial charge in [0.15, 0.2) is 0 Å². The zero-order valence-electron chi connectivity index (χ0n) is 9.78. The van der Waals surface area contributed by atoms with E-state index < -0.39 is 0 Å². The van der Waals surface area contributed by atoms with E-state index in [9.17, 15) is 0 Å². The van der Waals surface area contributed by atoms with Crippen LogP contribution in [0.1, 0.15) is 33.3 Å². The molecule has 0 aliphatic heterocycles. The van der Waals surface area contributed by atoms with Gasteiger partial charge < -0.3 is 5.32 Å². The molecule has 0 radical (unpaired) electrons. The summed E-state index contributed by atoms with van der Waals surface area (Å²) in [7, 11) is 0. The van der Waals surface area contributed by atoms with Crippen LogP contribution in [0.5, 0.6) is 0 Å². The van der Waals surface area contributed by atoms with Gasteiger partial charge in [0, 0.05) is 28.5 Å². The van der Waals surface area contributed by atoms with E-state index in [4.69, 9.17) is 0 Å². The molecule has 1 atom stereocenters. The fraction of sp³-hybridized carbons (Fsp3) is 0.417. The normalized spacial score (nSPS) is 12.9. The third-order valence-electron chi connectivity index (χ3n) is 2.55. The molecule has 0 aliphatic carbocycles. The van der Waals surface area contributed by atoms with Gasteiger partial charge in [0.1, 0.15) is 0 Å². The standard InChI is InChI=1S/C12H16N2S2/c1-8-4-5-15-12(8)9(2)13-6-11-7-14-10(3)16-11/h4-5,7,9,13H,6H2,1-3H3. The molecule has 86 valence electrons. The van der Waals surface area contributed by atoms with Crippen LogP contribution in [0, 0.1) is 13.8 Å². The molecule has 0 spiro atoms. The molecule has 0 amide bonds. The molecule has 2 aromatic heterocycles. The zero-order valence-corrected chi connectivity index (χ0v) is 11.4. The van der Waals surface area contributed by atoms with Crippen LogP contribution in [0.4, 0.5) is 0 Å². The van der Waals surface area contributed by atoms with Crippen molar-refractivity contribution in [3.8, 4) is 0 Å². The molecule has 0 fully saturated rings. The Morgan fingerprint density at radius 2 is 2.25 bits per heavy atom. The number of hydrogen-bond donors (Lipinski definition) is 1. The van der Waals surface area contributed by atoms with Crippen LogP contribution in [0.25, 0.3) is 0 Å². The van der Waals surface area contributed by atoms with Crippen molar-refractivity contribution in [1.29, 1.82) is 0 Å². The highest BCUT2D eigenvalue weighted by atomic mass is 32.1. The highest BCUT2D eigenvalue weighted by molar-refractivity contribution is 7.11. The summed E-state index contributed by atoms with van der Waals surface area (Å²) in [4.78, 5) is 6.99. The van der Waals surface area contributed by atoms with E-state index in [0.717, 1.165) is 11.6 Å². The number of aryl methyl sites for hydroxylation is 2. The van der Waals surface area contributed by atoms with E-state index in [1.807, 2.05) is 24.5 Å². The van der Waals surface area contributed by atoms with Crippen LogP contribution in [0.3, 0.4) is 0 Å². The van der Waals surface area contributed by atoms with E-state index in [2.05, 4.69) is 35.6 Å². The summed E-state index contributed by atoms with van der Waals surface area (Å²) in [6.45, 7) is 7.33. The molecule has 2 heterocycles. The van der Waals surface area contributed by atoms with Crippen molar-refractivity contribution in [2.45, 2.75) is 33.4 Å². The molecule has 4 heteroatoms. The number of hydrogen-bond acceptors (Lipinski definition) is 4. The Hall–Kier alpha value is -0.710.